The van der Waals surface area contributed by atoms with E-state index in [9.17, 15) is 15.3 Å². The van der Waals surface area contributed by atoms with Gasteiger partial charge in [-0.25, -0.2) is 15.0 Å². The fourth-order valence-electron chi connectivity index (χ4n) is 3.53. The summed E-state index contributed by atoms with van der Waals surface area (Å²) >= 11 is 0. The van der Waals surface area contributed by atoms with Crippen molar-refractivity contribution >= 4 is 16.9 Å². The lowest BCUT2D eigenvalue weighted by molar-refractivity contribution is -0.0848. The van der Waals surface area contributed by atoms with Crippen LogP contribution in [-0.4, -0.2) is 67.2 Å². The molecule has 9 nitrogen and oxygen atoms in total. The fourth-order valence-corrected chi connectivity index (χ4v) is 3.53. The van der Waals surface area contributed by atoms with Crippen LogP contribution in [0.5, 0.6) is 0 Å². The van der Waals surface area contributed by atoms with Crippen LogP contribution < -0.4 is 4.90 Å². The van der Waals surface area contributed by atoms with Crippen LogP contribution in [0.4, 0.5) is 5.82 Å². The highest BCUT2D eigenvalue weighted by atomic mass is 16.6. The van der Waals surface area contributed by atoms with Gasteiger partial charge < -0.3 is 29.5 Å². The SMILES string of the molecule is Cc1ncnc2c1ccn2[C@@H]1O[C@H](C(O)c2ccnc(N(C)C)c2)[C@@H](O)[C@H]1O. The highest BCUT2D eigenvalue weighted by molar-refractivity contribution is 5.78. The molecule has 3 N–H and O–H groups in total. The summed E-state index contributed by atoms with van der Waals surface area (Å²) in [5, 5.41) is 32.8. The largest absolute Gasteiger partial charge is 0.387 e. The first-order valence-corrected chi connectivity index (χ1v) is 8.99. The molecule has 1 saturated heterocycles. The molecule has 3 aromatic heterocycles. The first kappa shape index (κ1) is 18.8. The second kappa shape index (κ2) is 7.10. The van der Waals surface area contributed by atoms with Crippen LogP contribution in [0.2, 0.25) is 0 Å². The number of hydrogen-bond acceptors (Lipinski definition) is 8. The average molecular weight is 385 g/mol. The number of anilines is 1. The van der Waals surface area contributed by atoms with E-state index in [4.69, 9.17) is 4.74 Å². The lowest BCUT2D eigenvalue weighted by atomic mass is 10.00. The highest BCUT2D eigenvalue weighted by Crippen LogP contribution is 2.37. The molecule has 1 unspecified atom stereocenters. The maximum absolute atomic E-state index is 10.8. The maximum Gasteiger partial charge on any atom is 0.164 e. The van der Waals surface area contributed by atoms with Crippen molar-refractivity contribution in [2.24, 2.45) is 0 Å². The van der Waals surface area contributed by atoms with Crippen LogP contribution in [0.3, 0.4) is 0 Å². The number of hydrogen-bond donors (Lipinski definition) is 3. The number of ether oxygens (including phenoxy) is 1. The van der Waals surface area contributed by atoms with E-state index >= 15 is 0 Å². The Morgan fingerprint density at radius 3 is 2.68 bits per heavy atom. The molecular formula is C19H23N5O4. The molecule has 3 aromatic rings. The predicted molar refractivity (Wildman–Crippen MR) is 102 cm³/mol. The molecule has 0 radical (unpaired) electrons. The van der Waals surface area contributed by atoms with E-state index in [1.807, 2.05) is 32.0 Å². The minimum Gasteiger partial charge on any atom is -0.387 e. The number of nitrogens with zero attached hydrogens (tertiary/aromatic N) is 5. The van der Waals surface area contributed by atoms with Gasteiger partial charge in [0.05, 0.1) is 5.69 Å². The van der Waals surface area contributed by atoms with E-state index in [0.717, 1.165) is 11.1 Å². The molecule has 0 amide bonds. The molecule has 4 heterocycles. The van der Waals surface area contributed by atoms with Gasteiger partial charge in [0.2, 0.25) is 0 Å². The molecule has 0 aliphatic carbocycles. The first-order chi connectivity index (χ1) is 13.4. The van der Waals surface area contributed by atoms with Gasteiger partial charge in [-0.3, -0.25) is 0 Å². The summed E-state index contributed by atoms with van der Waals surface area (Å²) in [7, 11) is 3.69. The quantitative estimate of drug-likeness (QED) is 0.596. The third kappa shape index (κ3) is 3.02. The lowest BCUT2D eigenvalue weighted by Gasteiger charge is -2.22. The number of rotatable bonds is 4. The molecule has 9 heteroatoms. The Balaban J connectivity index is 1.64. The molecule has 148 valence electrons. The summed E-state index contributed by atoms with van der Waals surface area (Å²) in [5.74, 6) is 0.671. The third-order valence-electron chi connectivity index (χ3n) is 5.14. The monoisotopic (exact) mass is 385 g/mol. The van der Waals surface area contributed by atoms with E-state index < -0.39 is 30.6 Å². The van der Waals surface area contributed by atoms with Crippen LogP contribution in [0.15, 0.2) is 36.9 Å². The molecule has 1 aliphatic heterocycles. The summed E-state index contributed by atoms with van der Waals surface area (Å²) in [6.45, 7) is 1.87. The number of aliphatic hydroxyl groups excluding tert-OH is 3. The lowest BCUT2D eigenvalue weighted by Crippen LogP contribution is -2.34. The number of fused-ring (bicyclic) bond motifs is 1. The van der Waals surface area contributed by atoms with Crippen LogP contribution in [0.25, 0.3) is 11.0 Å². The van der Waals surface area contributed by atoms with Crippen molar-refractivity contribution in [3.05, 3.63) is 48.2 Å². The predicted octanol–water partition coefficient (Wildman–Crippen LogP) is 0.554. The molecule has 5 atom stereocenters. The van der Waals surface area contributed by atoms with Gasteiger partial charge in [0.15, 0.2) is 6.23 Å². The molecule has 0 spiro atoms. The highest BCUT2D eigenvalue weighted by Gasteiger charge is 2.47. The Morgan fingerprint density at radius 2 is 1.93 bits per heavy atom. The molecule has 0 aromatic carbocycles. The van der Waals surface area contributed by atoms with Gasteiger partial charge >= 0.3 is 0 Å². The number of aliphatic hydroxyl groups is 3. The van der Waals surface area contributed by atoms with E-state index in [1.165, 1.54) is 6.33 Å². The zero-order chi connectivity index (χ0) is 20.0. The first-order valence-electron chi connectivity index (χ1n) is 8.99. The summed E-state index contributed by atoms with van der Waals surface area (Å²) in [4.78, 5) is 14.5. The number of aryl methyl sites for hydroxylation is 1. The van der Waals surface area contributed by atoms with E-state index in [2.05, 4.69) is 15.0 Å². The van der Waals surface area contributed by atoms with Crippen LogP contribution in [0, 0.1) is 6.92 Å². The van der Waals surface area contributed by atoms with Crippen molar-refractivity contribution in [1.82, 2.24) is 19.5 Å². The van der Waals surface area contributed by atoms with Crippen LogP contribution in [-0.2, 0) is 4.74 Å². The Kier molecular flexibility index (Phi) is 4.76. The summed E-state index contributed by atoms with van der Waals surface area (Å²) in [5.41, 5.74) is 1.95. The smallest absolute Gasteiger partial charge is 0.164 e. The van der Waals surface area contributed by atoms with Gasteiger partial charge in [-0.2, -0.15) is 0 Å². The van der Waals surface area contributed by atoms with Gasteiger partial charge in [0.25, 0.3) is 0 Å². The zero-order valence-corrected chi connectivity index (χ0v) is 15.8. The average Bonchev–Trinajstić information content (AvgIpc) is 3.24. The molecule has 0 saturated carbocycles. The molecule has 1 aliphatic rings. The van der Waals surface area contributed by atoms with Crippen molar-refractivity contribution in [2.45, 2.75) is 37.6 Å². The standard InChI is InChI=1S/C19H23N5O4/c1-10-12-5-7-24(18(12)22-9-21-10)19-16(27)15(26)17(28-19)14(25)11-4-6-20-13(8-11)23(2)3/h4-9,14-17,19,25-27H,1-3H3/t14?,15-,16+,17+,19+/m0/s1. The van der Waals surface area contributed by atoms with Crippen molar-refractivity contribution in [3.63, 3.8) is 0 Å². The Hall–Kier alpha value is -2.59. The summed E-state index contributed by atoms with van der Waals surface area (Å²) in [6, 6.07) is 5.22. The number of pyridine rings is 1. The molecule has 1 fully saturated rings. The topological polar surface area (TPSA) is 117 Å². The summed E-state index contributed by atoms with van der Waals surface area (Å²) in [6.07, 6.45) is -0.737. The van der Waals surface area contributed by atoms with Gasteiger partial charge in [-0.1, -0.05) is 0 Å². The minimum atomic E-state index is -1.27. The van der Waals surface area contributed by atoms with Crippen LogP contribution >= 0.6 is 0 Å². The van der Waals surface area contributed by atoms with Crippen molar-refractivity contribution in [2.75, 3.05) is 19.0 Å². The van der Waals surface area contributed by atoms with Gasteiger partial charge in [-0.15, -0.1) is 0 Å². The van der Waals surface area contributed by atoms with Crippen molar-refractivity contribution in [1.29, 1.82) is 0 Å². The normalized spacial score (nSPS) is 25.9. The molecule has 28 heavy (non-hydrogen) atoms. The fraction of sp³-hybridized carbons (Fsp3) is 0.421. The van der Waals surface area contributed by atoms with Gasteiger partial charge in [0.1, 0.15) is 42.2 Å². The van der Waals surface area contributed by atoms with E-state index in [-0.39, 0.29) is 0 Å². The Morgan fingerprint density at radius 1 is 1.14 bits per heavy atom. The van der Waals surface area contributed by atoms with Gasteiger partial charge in [-0.05, 0) is 30.7 Å². The second-order valence-electron chi connectivity index (χ2n) is 7.18. The van der Waals surface area contributed by atoms with Crippen molar-refractivity contribution < 1.29 is 20.1 Å². The second-order valence-corrected chi connectivity index (χ2v) is 7.18. The van der Waals surface area contributed by atoms with E-state index in [1.54, 1.807) is 29.1 Å². The maximum atomic E-state index is 10.8. The van der Waals surface area contributed by atoms with Crippen molar-refractivity contribution in [3.8, 4) is 0 Å². The minimum absolute atomic E-state index is 0.547. The third-order valence-corrected chi connectivity index (χ3v) is 5.14. The Bertz CT molecular complexity index is 991. The number of aromatic nitrogens is 4. The van der Waals surface area contributed by atoms with Gasteiger partial charge in [0, 0.05) is 31.9 Å². The zero-order valence-electron chi connectivity index (χ0n) is 15.8. The van der Waals surface area contributed by atoms with E-state index in [0.29, 0.717) is 17.0 Å². The molecule has 4 rings (SSSR count). The molecule has 0 bridgehead atoms. The molecular weight excluding hydrogens is 362 g/mol. The Labute approximate surface area is 161 Å². The summed E-state index contributed by atoms with van der Waals surface area (Å²) < 4.78 is 7.57. The van der Waals surface area contributed by atoms with Crippen LogP contribution in [0.1, 0.15) is 23.6 Å².